The SMILES string of the molecule is CC1(C)COCCN1C(=O)c1ccc(NC(=O)c2ccc(F)cc2)cc1. The zero-order chi connectivity index (χ0) is 18.7. The topological polar surface area (TPSA) is 58.6 Å². The Labute approximate surface area is 151 Å². The van der Waals surface area contributed by atoms with Gasteiger partial charge in [0.2, 0.25) is 0 Å². The molecule has 0 radical (unpaired) electrons. The molecule has 0 bridgehead atoms. The Morgan fingerprint density at radius 3 is 2.27 bits per heavy atom. The summed E-state index contributed by atoms with van der Waals surface area (Å²) in [6, 6.07) is 12.1. The van der Waals surface area contributed by atoms with Crippen LogP contribution in [-0.2, 0) is 4.74 Å². The first kappa shape index (κ1) is 18.1. The van der Waals surface area contributed by atoms with Crippen molar-refractivity contribution < 1.29 is 18.7 Å². The van der Waals surface area contributed by atoms with Crippen LogP contribution in [0.2, 0.25) is 0 Å². The second-order valence-corrected chi connectivity index (χ2v) is 6.86. The van der Waals surface area contributed by atoms with Gasteiger partial charge in [0.1, 0.15) is 5.82 Å². The van der Waals surface area contributed by atoms with Crippen molar-refractivity contribution in [3.8, 4) is 0 Å². The predicted molar refractivity (Wildman–Crippen MR) is 96.7 cm³/mol. The quantitative estimate of drug-likeness (QED) is 0.918. The summed E-state index contributed by atoms with van der Waals surface area (Å²) >= 11 is 0. The summed E-state index contributed by atoms with van der Waals surface area (Å²) in [6.45, 7) is 5.53. The van der Waals surface area contributed by atoms with Gasteiger partial charge in [0.25, 0.3) is 11.8 Å². The zero-order valence-electron chi connectivity index (χ0n) is 14.8. The number of ether oxygens (including phenoxy) is 1. The second-order valence-electron chi connectivity index (χ2n) is 6.86. The van der Waals surface area contributed by atoms with E-state index < -0.39 is 5.82 Å². The lowest BCUT2D eigenvalue weighted by Crippen LogP contribution is -2.55. The van der Waals surface area contributed by atoms with Crippen LogP contribution >= 0.6 is 0 Å². The molecule has 0 aliphatic carbocycles. The number of nitrogens with zero attached hydrogens (tertiary/aromatic N) is 1. The van der Waals surface area contributed by atoms with E-state index in [9.17, 15) is 14.0 Å². The summed E-state index contributed by atoms with van der Waals surface area (Å²) in [7, 11) is 0. The number of hydrogen-bond donors (Lipinski definition) is 1. The normalized spacial score (nSPS) is 16.2. The number of morpholine rings is 1. The molecule has 0 saturated carbocycles. The molecule has 1 saturated heterocycles. The number of carbonyl (C=O) groups excluding carboxylic acids is 2. The van der Waals surface area contributed by atoms with Crippen molar-refractivity contribution >= 4 is 17.5 Å². The van der Waals surface area contributed by atoms with Crippen molar-refractivity contribution in [2.75, 3.05) is 25.1 Å². The molecular weight excluding hydrogens is 335 g/mol. The molecule has 0 unspecified atom stereocenters. The summed E-state index contributed by atoms with van der Waals surface area (Å²) in [5.74, 6) is -0.788. The van der Waals surface area contributed by atoms with E-state index in [2.05, 4.69) is 5.32 Å². The van der Waals surface area contributed by atoms with Gasteiger partial charge in [0.05, 0.1) is 18.8 Å². The number of carbonyl (C=O) groups is 2. The molecule has 1 heterocycles. The molecule has 2 amide bonds. The minimum absolute atomic E-state index is 0.0605. The Bertz CT molecular complexity index is 801. The Hall–Kier alpha value is -2.73. The molecule has 1 fully saturated rings. The third-order valence-electron chi connectivity index (χ3n) is 4.39. The highest BCUT2D eigenvalue weighted by Gasteiger charge is 2.34. The largest absolute Gasteiger partial charge is 0.377 e. The average Bonchev–Trinajstić information content (AvgIpc) is 2.62. The molecule has 2 aromatic carbocycles. The van der Waals surface area contributed by atoms with Gasteiger partial charge in [-0.2, -0.15) is 0 Å². The number of halogens is 1. The highest BCUT2D eigenvalue weighted by molar-refractivity contribution is 6.04. The molecule has 0 atom stereocenters. The lowest BCUT2D eigenvalue weighted by molar-refractivity contribution is -0.0370. The number of hydrogen-bond acceptors (Lipinski definition) is 3. The van der Waals surface area contributed by atoms with E-state index in [0.717, 1.165) is 0 Å². The smallest absolute Gasteiger partial charge is 0.255 e. The molecule has 0 spiro atoms. The molecule has 1 N–H and O–H groups in total. The van der Waals surface area contributed by atoms with Crippen LogP contribution in [0.5, 0.6) is 0 Å². The zero-order valence-corrected chi connectivity index (χ0v) is 14.8. The molecule has 1 aliphatic heterocycles. The van der Waals surface area contributed by atoms with Crippen LogP contribution < -0.4 is 5.32 Å². The van der Waals surface area contributed by atoms with Gasteiger partial charge in [0.15, 0.2) is 0 Å². The summed E-state index contributed by atoms with van der Waals surface area (Å²) in [5, 5.41) is 2.73. The minimum atomic E-state index is -0.393. The number of benzene rings is 2. The molecule has 6 heteroatoms. The Balaban J connectivity index is 1.69. The molecule has 5 nitrogen and oxygen atoms in total. The Kier molecular flexibility index (Phi) is 5.04. The van der Waals surface area contributed by atoms with E-state index in [1.165, 1.54) is 24.3 Å². The maximum Gasteiger partial charge on any atom is 0.255 e. The van der Waals surface area contributed by atoms with Crippen LogP contribution in [0, 0.1) is 5.82 Å². The van der Waals surface area contributed by atoms with Crippen LogP contribution in [0.15, 0.2) is 48.5 Å². The fourth-order valence-corrected chi connectivity index (χ4v) is 2.89. The average molecular weight is 356 g/mol. The third-order valence-corrected chi connectivity index (χ3v) is 4.39. The molecular formula is C20H21FN2O3. The van der Waals surface area contributed by atoms with Crippen LogP contribution in [0.4, 0.5) is 10.1 Å². The van der Waals surface area contributed by atoms with Gasteiger partial charge in [-0.3, -0.25) is 9.59 Å². The molecule has 0 aromatic heterocycles. The minimum Gasteiger partial charge on any atom is -0.377 e. The van der Waals surface area contributed by atoms with Crippen LogP contribution in [0.3, 0.4) is 0 Å². The van der Waals surface area contributed by atoms with Gasteiger partial charge >= 0.3 is 0 Å². The van der Waals surface area contributed by atoms with E-state index in [0.29, 0.717) is 36.6 Å². The van der Waals surface area contributed by atoms with Gasteiger partial charge < -0.3 is 15.0 Å². The van der Waals surface area contributed by atoms with Gasteiger partial charge in [-0.25, -0.2) is 4.39 Å². The lowest BCUT2D eigenvalue weighted by Gasteiger charge is -2.42. The lowest BCUT2D eigenvalue weighted by atomic mass is 10.0. The van der Waals surface area contributed by atoms with Gasteiger partial charge in [-0.15, -0.1) is 0 Å². The molecule has 136 valence electrons. The maximum atomic E-state index is 12.9. The first-order valence-corrected chi connectivity index (χ1v) is 8.43. The van der Waals surface area contributed by atoms with Gasteiger partial charge in [0, 0.05) is 23.4 Å². The van der Waals surface area contributed by atoms with Gasteiger partial charge in [-0.05, 0) is 62.4 Å². The number of amides is 2. The fourth-order valence-electron chi connectivity index (χ4n) is 2.89. The molecule has 2 aromatic rings. The summed E-state index contributed by atoms with van der Waals surface area (Å²) in [5.41, 5.74) is 1.13. The van der Waals surface area contributed by atoms with Crippen molar-refractivity contribution in [3.05, 3.63) is 65.5 Å². The van der Waals surface area contributed by atoms with E-state index in [-0.39, 0.29) is 17.4 Å². The monoisotopic (exact) mass is 356 g/mol. The number of anilines is 1. The van der Waals surface area contributed by atoms with Crippen LogP contribution in [0.25, 0.3) is 0 Å². The van der Waals surface area contributed by atoms with E-state index in [4.69, 9.17) is 4.74 Å². The standard InChI is InChI=1S/C20H21FN2O3/c1-20(2)13-26-12-11-23(20)19(25)15-5-9-17(10-6-15)22-18(24)14-3-7-16(21)8-4-14/h3-10H,11-13H2,1-2H3,(H,22,24). The van der Waals surface area contributed by atoms with Crippen molar-refractivity contribution in [1.29, 1.82) is 0 Å². The predicted octanol–water partition coefficient (Wildman–Crippen LogP) is 3.33. The van der Waals surface area contributed by atoms with Crippen molar-refractivity contribution in [3.63, 3.8) is 0 Å². The third kappa shape index (κ3) is 3.91. The highest BCUT2D eigenvalue weighted by atomic mass is 19.1. The first-order valence-electron chi connectivity index (χ1n) is 8.43. The highest BCUT2D eigenvalue weighted by Crippen LogP contribution is 2.22. The molecule has 3 rings (SSSR count). The number of nitrogens with one attached hydrogen (secondary N) is 1. The van der Waals surface area contributed by atoms with E-state index >= 15 is 0 Å². The van der Waals surface area contributed by atoms with Crippen molar-refractivity contribution in [1.82, 2.24) is 4.90 Å². The van der Waals surface area contributed by atoms with Crippen molar-refractivity contribution in [2.24, 2.45) is 0 Å². The summed E-state index contributed by atoms with van der Waals surface area (Å²) < 4.78 is 18.4. The summed E-state index contributed by atoms with van der Waals surface area (Å²) in [4.78, 5) is 26.7. The fraction of sp³-hybridized carbons (Fsp3) is 0.300. The van der Waals surface area contributed by atoms with E-state index in [1.54, 1.807) is 24.3 Å². The maximum absolute atomic E-state index is 12.9. The van der Waals surface area contributed by atoms with E-state index in [1.807, 2.05) is 18.7 Å². The second kappa shape index (κ2) is 7.25. The Morgan fingerprint density at radius 2 is 1.65 bits per heavy atom. The Morgan fingerprint density at radius 1 is 1.04 bits per heavy atom. The summed E-state index contributed by atoms with van der Waals surface area (Å²) in [6.07, 6.45) is 0. The first-order chi connectivity index (χ1) is 12.4. The number of rotatable bonds is 3. The molecule has 1 aliphatic rings. The van der Waals surface area contributed by atoms with Crippen LogP contribution in [-0.4, -0.2) is 42.0 Å². The van der Waals surface area contributed by atoms with Crippen LogP contribution in [0.1, 0.15) is 34.6 Å². The van der Waals surface area contributed by atoms with Crippen molar-refractivity contribution in [2.45, 2.75) is 19.4 Å². The molecule has 26 heavy (non-hydrogen) atoms. The van der Waals surface area contributed by atoms with Gasteiger partial charge in [-0.1, -0.05) is 0 Å².